The minimum Gasteiger partial charge on any atom is -0.497 e. The first kappa shape index (κ1) is 20.9. The van der Waals surface area contributed by atoms with Crippen molar-refractivity contribution in [3.05, 3.63) is 42.5 Å². The molecule has 0 saturated heterocycles. The summed E-state index contributed by atoms with van der Waals surface area (Å²) in [5.74, 6) is 0.865. The van der Waals surface area contributed by atoms with Gasteiger partial charge in [-0.15, -0.1) is 6.58 Å². The summed E-state index contributed by atoms with van der Waals surface area (Å²) in [5.41, 5.74) is 1.15. The predicted octanol–water partition coefficient (Wildman–Crippen LogP) is 5.57. The minimum absolute atomic E-state index is 0.148. The van der Waals surface area contributed by atoms with Crippen LogP contribution in [0.1, 0.15) is 39.2 Å². The van der Waals surface area contributed by atoms with E-state index >= 15 is 0 Å². The second-order valence-corrected chi connectivity index (χ2v) is 12.5. The number of hydrogen-bond donors (Lipinski definition) is 0. The molecule has 0 aliphatic heterocycles. The summed E-state index contributed by atoms with van der Waals surface area (Å²) in [6, 6.07) is 8.00. The smallest absolute Gasteiger partial charge is 0.191 e. The monoisotopic (exact) mass is 350 g/mol. The Kier molecular flexibility index (Phi) is 8.20. The van der Waals surface area contributed by atoms with E-state index in [0.29, 0.717) is 6.61 Å². The Bertz CT molecular complexity index is 489. The van der Waals surface area contributed by atoms with Gasteiger partial charge in [0.1, 0.15) is 5.75 Å². The third-order valence-corrected chi connectivity index (χ3v) is 9.32. The van der Waals surface area contributed by atoms with Crippen LogP contribution < -0.4 is 4.74 Å². The molecule has 0 aliphatic rings. The topological polar surface area (TPSA) is 27.7 Å². The van der Waals surface area contributed by atoms with Crippen LogP contribution in [-0.2, 0) is 15.8 Å². The first-order chi connectivity index (χ1) is 11.2. The lowest BCUT2D eigenvalue weighted by Gasteiger charge is -2.36. The van der Waals surface area contributed by atoms with Crippen molar-refractivity contribution in [3.8, 4) is 5.75 Å². The van der Waals surface area contributed by atoms with Gasteiger partial charge >= 0.3 is 0 Å². The van der Waals surface area contributed by atoms with E-state index in [2.05, 4.69) is 40.4 Å². The highest BCUT2D eigenvalue weighted by Crippen LogP contribution is 2.36. The molecule has 0 saturated carbocycles. The number of benzene rings is 1. The molecule has 1 aromatic carbocycles. The number of methoxy groups -OCH3 is 1. The summed E-state index contributed by atoms with van der Waals surface area (Å²) in [6.07, 6.45) is 3.81. The number of ether oxygens (including phenoxy) is 2. The summed E-state index contributed by atoms with van der Waals surface area (Å²) < 4.78 is 17.5. The highest BCUT2D eigenvalue weighted by molar-refractivity contribution is 6.74. The molecular formula is C20H34O3Si. The van der Waals surface area contributed by atoms with E-state index in [0.717, 1.165) is 30.8 Å². The highest BCUT2D eigenvalue weighted by Gasteiger charge is 2.37. The summed E-state index contributed by atoms with van der Waals surface area (Å²) in [4.78, 5) is 0. The molecule has 1 rings (SSSR count). The van der Waals surface area contributed by atoms with Crippen LogP contribution in [0.15, 0.2) is 36.9 Å². The summed E-state index contributed by atoms with van der Waals surface area (Å²) in [5, 5.41) is 0.241. The molecule has 0 aromatic heterocycles. The van der Waals surface area contributed by atoms with Gasteiger partial charge in [0, 0.05) is 6.61 Å². The average molecular weight is 351 g/mol. The predicted molar refractivity (Wildman–Crippen MR) is 104 cm³/mol. The zero-order chi connectivity index (χ0) is 18.2. The van der Waals surface area contributed by atoms with Crippen LogP contribution >= 0.6 is 0 Å². The Balaban J connectivity index is 2.47. The molecule has 0 spiro atoms. The lowest BCUT2D eigenvalue weighted by atomic mass is 10.2. The maximum Gasteiger partial charge on any atom is 0.191 e. The molecule has 1 aromatic rings. The molecule has 0 N–H and O–H groups in total. The quantitative estimate of drug-likeness (QED) is 0.408. The van der Waals surface area contributed by atoms with Crippen LogP contribution in [0.5, 0.6) is 5.75 Å². The summed E-state index contributed by atoms with van der Waals surface area (Å²) in [6.45, 7) is 16.6. The van der Waals surface area contributed by atoms with Crippen LogP contribution in [0.25, 0.3) is 0 Å². The molecule has 0 bridgehead atoms. The minimum atomic E-state index is -1.69. The fraction of sp³-hybridized carbons (Fsp3) is 0.600. The molecule has 0 heterocycles. The Morgan fingerprint density at radius 2 is 1.79 bits per heavy atom. The van der Waals surface area contributed by atoms with E-state index in [9.17, 15) is 0 Å². The highest BCUT2D eigenvalue weighted by atomic mass is 28.4. The number of rotatable bonds is 10. The average Bonchev–Trinajstić information content (AvgIpc) is 2.52. The molecule has 0 amide bonds. The van der Waals surface area contributed by atoms with Crippen molar-refractivity contribution in [2.45, 2.75) is 64.5 Å². The normalized spacial score (nSPS) is 13.6. The van der Waals surface area contributed by atoms with Crippen molar-refractivity contribution in [1.82, 2.24) is 0 Å². The molecular weight excluding hydrogens is 316 g/mol. The fourth-order valence-corrected chi connectivity index (χ4v) is 3.11. The van der Waals surface area contributed by atoms with Gasteiger partial charge in [0.25, 0.3) is 0 Å². The van der Waals surface area contributed by atoms with E-state index in [4.69, 9.17) is 13.9 Å². The van der Waals surface area contributed by atoms with E-state index in [-0.39, 0.29) is 11.1 Å². The first-order valence-corrected chi connectivity index (χ1v) is 11.6. The Hall–Kier alpha value is -1.10. The van der Waals surface area contributed by atoms with Gasteiger partial charge in [-0.3, -0.25) is 0 Å². The molecule has 24 heavy (non-hydrogen) atoms. The maximum absolute atomic E-state index is 6.26. The molecule has 0 fully saturated rings. The zero-order valence-corrected chi connectivity index (χ0v) is 17.2. The fourth-order valence-electron chi connectivity index (χ4n) is 2.05. The maximum atomic E-state index is 6.26. The van der Waals surface area contributed by atoms with Crippen molar-refractivity contribution < 1.29 is 13.9 Å². The van der Waals surface area contributed by atoms with Gasteiger partial charge < -0.3 is 13.9 Å². The molecule has 1 atom stereocenters. The zero-order valence-electron chi connectivity index (χ0n) is 16.2. The van der Waals surface area contributed by atoms with Crippen LogP contribution in [0.4, 0.5) is 0 Å². The van der Waals surface area contributed by atoms with Crippen molar-refractivity contribution in [2.75, 3.05) is 13.7 Å². The second kappa shape index (κ2) is 9.40. The third-order valence-electron chi connectivity index (χ3n) is 4.78. The molecule has 4 heteroatoms. The lowest BCUT2D eigenvalue weighted by molar-refractivity contribution is 0.0273. The van der Waals surface area contributed by atoms with Gasteiger partial charge in [-0.1, -0.05) is 39.0 Å². The van der Waals surface area contributed by atoms with Gasteiger partial charge in [-0.25, -0.2) is 0 Å². The number of hydrogen-bond acceptors (Lipinski definition) is 3. The van der Waals surface area contributed by atoms with Crippen LogP contribution in [0.2, 0.25) is 18.1 Å². The van der Waals surface area contributed by atoms with E-state index in [1.54, 1.807) is 7.11 Å². The largest absolute Gasteiger partial charge is 0.497 e. The molecule has 0 aliphatic carbocycles. The summed E-state index contributed by atoms with van der Waals surface area (Å²) in [7, 11) is -0.0128. The first-order valence-electron chi connectivity index (χ1n) is 8.69. The van der Waals surface area contributed by atoms with Crippen LogP contribution in [0.3, 0.4) is 0 Å². The summed E-state index contributed by atoms with van der Waals surface area (Å²) >= 11 is 0. The second-order valence-electron chi connectivity index (χ2n) is 7.70. The SMILES string of the molecule is C=CC[C@@H](CCO[Si](C)(C)C(C)(C)C)OCc1ccc(OC)cc1. The van der Waals surface area contributed by atoms with Crippen molar-refractivity contribution in [3.63, 3.8) is 0 Å². The van der Waals surface area contributed by atoms with Crippen molar-refractivity contribution >= 4 is 8.32 Å². The standard InChI is InChI=1S/C20H34O3Si/c1-8-9-19(14-15-23-24(6,7)20(2,3)4)22-16-17-10-12-18(21-5)13-11-17/h8,10-13,19H,1,9,14-16H2,2-7H3/t19-/m0/s1. The molecule has 0 unspecified atom stereocenters. The molecule has 3 nitrogen and oxygen atoms in total. The van der Waals surface area contributed by atoms with Crippen LogP contribution in [0, 0.1) is 0 Å². The molecule has 136 valence electrons. The van der Waals surface area contributed by atoms with Crippen LogP contribution in [-0.4, -0.2) is 28.1 Å². The van der Waals surface area contributed by atoms with E-state index in [1.807, 2.05) is 30.3 Å². The Morgan fingerprint density at radius 3 is 2.29 bits per heavy atom. The van der Waals surface area contributed by atoms with Crippen molar-refractivity contribution in [2.24, 2.45) is 0 Å². The van der Waals surface area contributed by atoms with Gasteiger partial charge in [-0.2, -0.15) is 0 Å². The third kappa shape index (κ3) is 6.79. The van der Waals surface area contributed by atoms with Gasteiger partial charge in [0.2, 0.25) is 0 Å². The lowest BCUT2D eigenvalue weighted by Crippen LogP contribution is -2.41. The van der Waals surface area contributed by atoms with Gasteiger partial charge in [0.15, 0.2) is 8.32 Å². The van der Waals surface area contributed by atoms with Gasteiger partial charge in [-0.05, 0) is 48.7 Å². The van der Waals surface area contributed by atoms with Gasteiger partial charge in [0.05, 0.1) is 19.8 Å². The Labute approximate surface area is 149 Å². The Morgan fingerprint density at radius 1 is 1.17 bits per heavy atom. The van der Waals surface area contributed by atoms with Crippen molar-refractivity contribution in [1.29, 1.82) is 0 Å². The van der Waals surface area contributed by atoms with E-state index < -0.39 is 8.32 Å². The van der Waals surface area contributed by atoms with E-state index in [1.165, 1.54) is 0 Å². The molecule has 0 radical (unpaired) electrons.